The summed E-state index contributed by atoms with van der Waals surface area (Å²) < 4.78 is 5.34. The van der Waals surface area contributed by atoms with Crippen LogP contribution >= 0.6 is 15.9 Å². The Morgan fingerprint density at radius 1 is 1.23 bits per heavy atom. The molecule has 0 amide bonds. The SMILES string of the molecule is CCOC(=O)C(C)(CCCCBr)c1ccc(CC(C)C)cc1. The van der Waals surface area contributed by atoms with Gasteiger partial charge in [0.15, 0.2) is 0 Å². The number of ether oxygens (including phenoxy) is 1. The van der Waals surface area contributed by atoms with E-state index >= 15 is 0 Å². The zero-order valence-electron chi connectivity index (χ0n) is 14.3. The number of hydrogen-bond acceptors (Lipinski definition) is 2. The fourth-order valence-electron chi connectivity index (χ4n) is 2.71. The predicted octanol–water partition coefficient (Wildman–Crippen LogP) is 5.27. The summed E-state index contributed by atoms with van der Waals surface area (Å²) in [4.78, 5) is 12.5. The fraction of sp³-hybridized carbons (Fsp3) is 0.632. The topological polar surface area (TPSA) is 26.3 Å². The Morgan fingerprint density at radius 2 is 1.86 bits per heavy atom. The molecular weight excluding hydrogens is 340 g/mol. The van der Waals surface area contributed by atoms with Crippen molar-refractivity contribution in [1.82, 2.24) is 0 Å². The Morgan fingerprint density at radius 3 is 2.36 bits per heavy atom. The van der Waals surface area contributed by atoms with E-state index in [0.717, 1.165) is 36.6 Å². The van der Waals surface area contributed by atoms with Gasteiger partial charge in [-0.1, -0.05) is 60.5 Å². The monoisotopic (exact) mass is 368 g/mol. The molecule has 1 unspecified atom stereocenters. The number of carbonyl (C=O) groups is 1. The van der Waals surface area contributed by atoms with E-state index in [9.17, 15) is 4.79 Å². The molecule has 2 nitrogen and oxygen atoms in total. The Bertz CT molecular complexity index is 453. The number of esters is 1. The third-order valence-corrected chi connectivity index (χ3v) is 4.58. The Hall–Kier alpha value is -0.830. The number of carbonyl (C=O) groups excluding carboxylic acids is 1. The molecule has 3 heteroatoms. The second-order valence-corrected chi connectivity index (χ2v) is 7.29. The van der Waals surface area contributed by atoms with E-state index in [-0.39, 0.29) is 5.97 Å². The molecule has 1 aromatic rings. The molecule has 124 valence electrons. The third-order valence-electron chi connectivity index (χ3n) is 4.02. The molecule has 0 heterocycles. The zero-order chi connectivity index (χ0) is 16.6. The van der Waals surface area contributed by atoms with Crippen LogP contribution in [0.25, 0.3) is 0 Å². The highest BCUT2D eigenvalue weighted by Crippen LogP contribution is 2.32. The van der Waals surface area contributed by atoms with Gasteiger partial charge in [0.2, 0.25) is 0 Å². The summed E-state index contributed by atoms with van der Waals surface area (Å²) in [5, 5.41) is 0.971. The smallest absolute Gasteiger partial charge is 0.316 e. The van der Waals surface area contributed by atoms with Crippen molar-refractivity contribution in [2.24, 2.45) is 5.92 Å². The highest BCUT2D eigenvalue weighted by atomic mass is 79.9. The lowest BCUT2D eigenvalue weighted by Gasteiger charge is -2.28. The number of rotatable bonds is 9. The van der Waals surface area contributed by atoms with E-state index in [0.29, 0.717) is 12.5 Å². The maximum absolute atomic E-state index is 12.5. The normalized spacial score (nSPS) is 13.9. The molecule has 0 saturated heterocycles. The van der Waals surface area contributed by atoms with Gasteiger partial charge in [0, 0.05) is 5.33 Å². The van der Waals surface area contributed by atoms with E-state index in [4.69, 9.17) is 4.74 Å². The van der Waals surface area contributed by atoms with Crippen molar-refractivity contribution in [1.29, 1.82) is 0 Å². The van der Waals surface area contributed by atoms with E-state index < -0.39 is 5.41 Å². The van der Waals surface area contributed by atoms with Crippen molar-refractivity contribution in [2.45, 2.75) is 58.8 Å². The predicted molar refractivity (Wildman–Crippen MR) is 96.6 cm³/mol. The van der Waals surface area contributed by atoms with Crippen LogP contribution in [0.4, 0.5) is 0 Å². The van der Waals surface area contributed by atoms with Gasteiger partial charge in [-0.15, -0.1) is 0 Å². The van der Waals surface area contributed by atoms with Crippen LogP contribution in [0.3, 0.4) is 0 Å². The summed E-state index contributed by atoms with van der Waals surface area (Å²) in [6.45, 7) is 8.74. The first-order valence-corrected chi connectivity index (χ1v) is 9.38. The fourth-order valence-corrected chi connectivity index (χ4v) is 3.10. The Kier molecular flexibility index (Phi) is 8.16. The second kappa shape index (κ2) is 9.34. The van der Waals surface area contributed by atoms with Gasteiger partial charge in [-0.3, -0.25) is 4.79 Å². The molecule has 0 radical (unpaired) electrons. The van der Waals surface area contributed by atoms with Crippen molar-refractivity contribution >= 4 is 21.9 Å². The molecule has 0 fully saturated rings. The lowest BCUT2D eigenvalue weighted by Crippen LogP contribution is -2.34. The summed E-state index contributed by atoms with van der Waals surface area (Å²) in [6.07, 6.45) is 3.97. The average Bonchev–Trinajstić information content (AvgIpc) is 2.47. The molecule has 0 aliphatic carbocycles. The van der Waals surface area contributed by atoms with E-state index in [2.05, 4.69) is 54.0 Å². The molecule has 0 aromatic heterocycles. The number of benzene rings is 1. The molecule has 1 aromatic carbocycles. The minimum atomic E-state index is -0.547. The van der Waals surface area contributed by atoms with Crippen molar-refractivity contribution in [3.05, 3.63) is 35.4 Å². The molecule has 1 rings (SSSR count). The van der Waals surface area contributed by atoms with E-state index in [1.54, 1.807) is 0 Å². The highest BCUT2D eigenvalue weighted by Gasteiger charge is 2.36. The van der Waals surface area contributed by atoms with Gasteiger partial charge in [-0.2, -0.15) is 0 Å². The van der Waals surface area contributed by atoms with Crippen LogP contribution in [-0.2, 0) is 21.4 Å². The van der Waals surface area contributed by atoms with Crippen molar-refractivity contribution in [3.63, 3.8) is 0 Å². The largest absolute Gasteiger partial charge is 0.465 e. The van der Waals surface area contributed by atoms with Crippen LogP contribution < -0.4 is 0 Å². The van der Waals surface area contributed by atoms with Gasteiger partial charge >= 0.3 is 5.97 Å². The number of alkyl halides is 1. The Balaban J connectivity index is 2.96. The summed E-state index contributed by atoms with van der Waals surface area (Å²) in [7, 11) is 0. The van der Waals surface area contributed by atoms with Gasteiger partial charge in [0.1, 0.15) is 0 Å². The molecule has 1 atom stereocenters. The quantitative estimate of drug-likeness (QED) is 0.337. The van der Waals surface area contributed by atoms with Crippen molar-refractivity contribution in [2.75, 3.05) is 11.9 Å². The molecular formula is C19H29BrO2. The molecule has 0 aliphatic rings. The molecule has 0 saturated carbocycles. The number of halogens is 1. The van der Waals surface area contributed by atoms with E-state index in [1.165, 1.54) is 5.56 Å². The van der Waals surface area contributed by atoms with Crippen LogP contribution in [-0.4, -0.2) is 17.9 Å². The van der Waals surface area contributed by atoms with Crippen LogP contribution in [0.15, 0.2) is 24.3 Å². The molecule has 0 aliphatic heterocycles. The zero-order valence-corrected chi connectivity index (χ0v) is 15.9. The first kappa shape index (κ1) is 19.2. The average molecular weight is 369 g/mol. The molecule has 0 N–H and O–H groups in total. The number of unbranched alkanes of at least 4 members (excludes halogenated alkanes) is 1. The minimum Gasteiger partial charge on any atom is -0.465 e. The van der Waals surface area contributed by atoms with E-state index in [1.807, 2.05) is 13.8 Å². The summed E-state index contributed by atoms with van der Waals surface area (Å²) in [5.41, 5.74) is 1.84. The summed E-state index contributed by atoms with van der Waals surface area (Å²) >= 11 is 3.46. The maximum atomic E-state index is 12.5. The highest BCUT2D eigenvalue weighted by molar-refractivity contribution is 9.09. The number of hydrogen-bond donors (Lipinski definition) is 0. The molecule has 0 bridgehead atoms. The van der Waals surface area contributed by atoms with Gasteiger partial charge < -0.3 is 4.74 Å². The van der Waals surface area contributed by atoms with Crippen molar-refractivity contribution < 1.29 is 9.53 Å². The van der Waals surface area contributed by atoms with Crippen molar-refractivity contribution in [3.8, 4) is 0 Å². The lowest BCUT2D eigenvalue weighted by molar-refractivity contribution is -0.149. The van der Waals surface area contributed by atoms with Crippen LogP contribution in [0.2, 0.25) is 0 Å². The molecule has 22 heavy (non-hydrogen) atoms. The van der Waals surface area contributed by atoms with Crippen LogP contribution in [0, 0.1) is 5.92 Å². The second-order valence-electron chi connectivity index (χ2n) is 6.49. The van der Waals surface area contributed by atoms with Gasteiger partial charge in [0.05, 0.1) is 12.0 Å². The summed E-state index contributed by atoms with van der Waals surface area (Å²) in [5.74, 6) is 0.530. The lowest BCUT2D eigenvalue weighted by atomic mass is 9.78. The maximum Gasteiger partial charge on any atom is 0.316 e. The standard InChI is InChI=1S/C19H29BrO2/c1-5-22-18(21)19(4,12-6-7-13-20)17-10-8-16(9-11-17)14-15(2)3/h8-11,15H,5-7,12-14H2,1-4H3. The van der Waals surface area contributed by atoms with Gasteiger partial charge in [-0.25, -0.2) is 0 Å². The van der Waals surface area contributed by atoms with Crippen LogP contribution in [0.1, 0.15) is 58.1 Å². The molecule has 0 spiro atoms. The van der Waals surface area contributed by atoms with Crippen LogP contribution in [0.5, 0.6) is 0 Å². The van der Waals surface area contributed by atoms with Gasteiger partial charge in [0.25, 0.3) is 0 Å². The van der Waals surface area contributed by atoms with Gasteiger partial charge in [-0.05, 0) is 50.2 Å². The first-order valence-electron chi connectivity index (χ1n) is 8.26. The summed E-state index contributed by atoms with van der Waals surface area (Å²) in [6, 6.07) is 8.50. The third kappa shape index (κ3) is 5.42. The Labute approximate surface area is 143 Å². The first-order chi connectivity index (χ1) is 10.4. The minimum absolute atomic E-state index is 0.110.